The summed E-state index contributed by atoms with van der Waals surface area (Å²) in [6.07, 6.45) is 5.95. The normalized spacial score (nSPS) is 21.3. The Bertz CT molecular complexity index is 386. The zero-order chi connectivity index (χ0) is 14.4. The maximum absolute atomic E-state index is 5.70. The van der Waals surface area contributed by atoms with E-state index in [1.54, 1.807) is 0 Å². The van der Waals surface area contributed by atoms with E-state index in [0.29, 0.717) is 0 Å². The summed E-state index contributed by atoms with van der Waals surface area (Å²) >= 11 is 0. The van der Waals surface area contributed by atoms with Crippen molar-refractivity contribution in [2.75, 3.05) is 19.6 Å². The van der Waals surface area contributed by atoms with Crippen molar-refractivity contribution >= 4 is 0 Å². The minimum Gasteiger partial charge on any atom is -0.468 e. The van der Waals surface area contributed by atoms with Crippen molar-refractivity contribution in [1.29, 1.82) is 0 Å². The van der Waals surface area contributed by atoms with E-state index in [1.807, 2.05) is 6.26 Å². The zero-order valence-corrected chi connectivity index (χ0v) is 13.3. The van der Waals surface area contributed by atoms with Crippen LogP contribution in [0.2, 0.25) is 0 Å². The average Bonchev–Trinajstić information content (AvgIpc) is 2.72. The third kappa shape index (κ3) is 4.64. The van der Waals surface area contributed by atoms with Crippen LogP contribution in [0.1, 0.15) is 51.4 Å². The highest BCUT2D eigenvalue weighted by atomic mass is 16.3. The molecule has 0 aromatic carbocycles. The minimum absolute atomic E-state index is 0.824. The second kappa shape index (κ2) is 7.84. The molecule has 0 saturated carbocycles. The van der Waals surface area contributed by atoms with Gasteiger partial charge in [-0.2, -0.15) is 0 Å². The molecule has 2 heterocycles. The fourth-order valence-corrected chi connectivity index (χ4v) is 3.10. The van der Waals surface area contributed by atoms with Crippen molar-refractivity contribution < 1.29 is 4.42 Å². The standard InChI is InChI=1S/C17H30N2O/c1-4-18-11-15-10-17(20-13-15)12-19-8-5-6-16(7-9-19)14(2)3/h10,13-14,16,18H,4-9,11-12H2,1-3H3. The number of hydrogen-bond acceptors (Lipinski definition) is 3. The smallest absolute Gasteiger partial charge is 0.118 e. The van der Waals surface area contributed by atoms with Crippen LogP contribution in [0.25, 0.3) is 0 Å². The first-order chi connectivity index (χ1) is 9.69. The van der Waals surface area contributed by atoms with Gasteiger partial charge in [-0.05, 0) is 56.8 Å². The molecule has 1 unspecified atom stereocenters. The van der Waals surface area contributed by atoms with E-state index in [1.165, 1.54) is 37.9 Å². The summed E-state index contributed by atoms with van der Waals surface area (Å²) < 4.78 is 5.70. The Hall–Kier alpha value is -0.800. The molecule has 3 nitrogen and oxygen atoms in total. The number of nitrogens with zero attached hydrogens (tertiary/aromatic N) is 1. The Balaban J connectivity index is 1.82. The minimum atomic E-state index is 0.824. The van der Waals surface area contributed by atoms with E-state index in [4.69, 9.17) is 4.42 Å². The van der Waals surface area contributed by atoms with Crippen molar-refractivity contribution in [3.63, 3.8) is 0 Å². The van der Waals surface area contributed by atoms with Gasteiger partial charge in [0.15, 0.2) is 0 Å². The molecule has 20 heavy (non-hydrogen) atoms. The summed E-state index contributed by atoms with van der Waals surface area (Å²) in [6.45, 7) is 12.2. The van der Waals surface area contributed by atoms with Gasteiger partial charge in [0, 0.05) is 12.1 Å². The van der Waals surface area contributed by atoms with Gasteiger partial charge in [0.05, 0.1) is 12.8 Å². The molecular formula is C17H30N2O. The highest BCUT2D eigenvalue weighted by molar-refractivity contribution is 5.12. The molecule has 0 aliphatic carbocycles. The van der Waals surface area contributed by atoms with Crippen LogP contribution in [0.3, 0.4) is 0 Å². The fourth-order valence-electron chi connectivity index (χ4n) is 3.10. The first-order valence-corrected chi connectivity index (χ1v) is 8.18. The van der Waals surface area contributed by atoms with E-state index in [9.17, 15) is 0 Å². The van der Waals surface area contributed by atoms with Gasteiger partial charge in [0.25, 0.3) is 0 Å². The van der Waals surface area contributed by atoms with Crippen molar-refractivity contribution in [3.05, 3.63) is 23.7 Å². The lowest BCUT2D eigenvalue weighted by Crippen LogP contribution is -2.24. The Morgan fingerprint density at radius 1 is 1.35 bits per heavy atom. The maximum Gasteiger partial charge on any atom is 0.118 e. The monoisotopic (exact) mass is 278 g/mol. The predicted octanol–water partition coefficient (Wildman–Crippen LogP) is 3.65. The lowest BCUT2D eigenvalue weighted by atomic mass is 9.89. The molecule has 2 rings (SSSR count). The van der Waals surface area contributed by atoms with Crippen LogP contribution in [0, 0.1) is 11.8 Å². The van der Waals surface area contributed by atoms with Gasteiger partial charge < -0.3 is 9.73 Å². The van der Waals surface area contributed by atoms with Crippen LogP contribution in [0.4, 0.5) is 0 Å². The molecule has 1 aromatic heterocycles. The van der Waals surface area contributed by atoms with Gasteiger partial charge in [0.2, 0.25) is 0 Å². The molecule has 1 N–H and O–H groups in total. The third-order valence-electron chi connectivity index (χ3n) is 4.47. The maximum atomic E-state index is 5.70. The second-order valence-corrected chi connectivity index (χ2v) is 6.41. The zero-order valence-electron chi connectivity index (χ0n) is 13.3. The molecule has 1 aliphatic heterocycles. The molecule has 114 valence electrons. The highest BCUT2D eigenvalue weighted by Gasteiger charge is 2.20. The average molecular weight is 278 g/mol. The van der Waals surface area contributed by atoms with Gasteiger partial charge in [-0.3, -0.25) is 4.90 Å². The topological polar surface area (TPSA) is 28.4 Å². The SMILES string of the molecule is CCNCc1coc(CN2CCCC(C(C)C)CC2)c1. The summed E-state index contributed by atoms with van der Waals surface area (Å²) in [5.74, 6) is 2.84. The number of hydrogen-bond donors (Lipinski definition) is 1. The van der Waals surface area contributed by atoms with E-state index in [-0.39, 0.29) is 0 Å². The summed E-state index contributed by atoms with van der Waals surface area (Å²) in [5, 5.41) is 3.34. The Labute approximate surface area is 123 Å². The number of likely N-dealkylation sites (tertiary alicyclic amines) is 1. The predicted molar refractivity (Wildman–Crippen MR) is 83.5 cm³/mol. The van der Waals surface area contributed by atoms with Crippen LogP contribution in [0.5, 0.6) is 0 Å². The third-order valence-corrected chi connectivity index (χ3v) is 4.47. The molecule has 0 amide bonds. The molecule has 1 aromatic rings. The molecule has 0 bridgehead atoms. The van der Waals surface area contributed by atoms with Gasteiger partial charge >= 0.3 is 0 Å². The van der Waals surface area contributed by atoms with E-state index < -0.39 is 0 Å². The van der Waals surface area contributed by atoms with Crippen LogP contribution < -0.4 is 5.32 Å². The molecule has 1 fully saturated rings. The van der Waals surface area contributed by atoms with Crippen molar-refractivity contribution in [2.24, 2.45) is 11.8 Å². The molecule has 1 saturated heterocycles. The lowest BCUT2D eigenvalue weighted by molar-refractivity contribution is 0.244. The number of furan rings is 1. The lowest BCUT2D eigenvalue weighted by Gasteiger charge is -2.20. The van der Waals surface area contributed by atoms with Crippen molar-refractivity contribution in [3.8, 4) is 0 Å². The van der Waals surface area contributed by atoms with Crippen LogP contribution in [-0.4, -0.2) is 24.5 Å². The quantitative estimate of drug-likeness (QED) is 0.861. The van der Waals surface area contributed by atoms with Crippen molar-refractivity contribution in [2.45, 2.75) is 53.1 Å². The Kier molecular flexibility index (Phi) is 6.11. The molecule has 0 spiro atoms. The summed E-state index contributed by atoms with van der Waals surface area (Å²) in [7, 11) is 0. The van der Waals surface area contributed by atoms with Gasteiger partial charge in [-0.1, -0.05) is 20.8 Å². The summed E-state index contributed by atoms with van der Waals surface area (Å²) in [6, 6.07) is 2.20. The molecule has 1 atom stereocenters. The van der Waals surface area contributed by atoms with Crippen LogP contribution in [-0.2, 0) is 13.1 Å². The van der Waals surface area contributed by atoms with Gasteiger partial charge in [0.1, 0.15) is 5.76 Å². The number of nitrogens with one attached hydrogen (secondary N) is 1. The van der Waals surface area contributed by atoms with E-state index >= 15 is 0 Å². The first kappa shape index (κ1) is 15.6. The molecule has 3 heteroatoms. The Morgan fingerprint density at radius 3 is 2.95 bits per heavy atom. The van der Waals surface area contributed by atoms with Crippen LogP contribution in [0.15, 0.2) is 16.7 Å². The largest absolute Gasteiger partial charge is 0.468 e. The van der Waals surface area contributed by atoms with Crippen LogP contribution >= 0.6 is 0 Å². The fraction of sp³-hybridized carbons (Fsp3) is 0.765. The van der Waals surface area contributed by atoms with E-state index in [0.717, 1.165) is 37.2 Å². The van der Waals surface area contributed by atoms with Gasteiger partial charge in [-0.25, -0.2) is 0 Å². The molecular weight excluding hydrogens is 248 g/mol. The van der Waals surface area contributed by atoms with Gasteiger partial charge in [-0.15, -0.1) is 0 Å². The van der Waals surface area contributed by atoms with Crippen molar-refractivity contribution in [1.82, 2.24) is 10.2 Å². The summed E-state index contributed by atoms with van der Waals surface area (Å²) in [4.78, 5) is 2.55. The van der Waals surface area contributed by atoms with E-state index in [2.05, 4.69) is 37.1 Å². The number of rotatable bonds is 6. The molecule has 1 aliphatic rings. The highest BCUT2D eigenvalue weighted by Crippen LogP contribution is 2.25. The first-order valence-electron chi connectivity index (χ1n) is 8.18. The molecule has 0 radical (unpaired) electrons. The summed E-state index contributed by atoms with van der Waals surface area (Å²) in [5.41, 5.74) is 1.26. The Morgan fingerprint density at radius 2 is 2.20 bits per heavy atom. The second-order valence-electron chi connectivity index (χ2n) is 6.41.